The molecule has 1 heterocycles. The van der Waals surface area contributed by atoms with Crippen molar-refractivity contribution in [3.8, 4) is 5.75 Å². The van der Waals surface area contributed by atoms with Crippen LogP contribution in [0.4, 0.5) is 0 Å². The van der Waals surface area contributed by atoms with Crippen LogP contribution < -0.4 is 0 Å². The van der Waals surface area contributed by atoms with Gasteiger partial charge in [0.2, 0.25) is 0 Å². The summed E-state index contributed by atoms with van der Waals surface area (Å²) in [5, 5.41) is 10.0. The number of halogens is 1. The third-order valence-corrected chi connectivity index (χ3v) is 5.55. The second kappa shape index (κ2) is 6.34. The van der Waals surface area contributed by atoms with Gasteiger partial charge in [0.15, 0.2) is 0 Å². The van der Waals surface area contributed by atoms with Crippen LogP contribution in [-0.4, -0.2) is 17.7 Å². The molecular formula is C17H15BrO3S. The van der Waals surface area contributed by atoms with Crippen LogP contribution in [0, 0.1) is 0 Å². The first-order valence-corrected chi connectivity index (χ1v) is 8.69. The van der Waals surface area contributed by atoms with E-state index in [9.17, 15) is 9.90 Å². The number of hydrogen-bond donors (Lipinski definition) is 1. The van der Waals surface area contributed by atoms with E-state index in [0.717, 1.165) is 20.5 Å². The second-order valence-corrected chi connectivity index (χ2v) is 7.11. The summed E-state index contributed by atoms with van der Waals surface area (Å²) in [6.07, 6.45) is 0. The molecule has 1 N–H and O–H groups in total. The molecule has 0 aromatic heterocycles. The molecule has 2 atom stereocenters. The molecule has 3 nitrogen and oxygen atoms in total. The van der Waals surface area contributed by atoms with Gasteiger partial charge in [0.25, 0.3) is 0 Å². The molecule has 0 amide bonds. The van der Waals surface area contributed by atoms with Crippen LogP contribution in [0.5, 0.6) is 5.75 Å². The minimum atomic E-state index is -0.402. The molecule has 1 aliphatic rings. The van der Waals surface area contributed by atoms with E-state index in [1.54, 1.807) is 30.8 Å². The van der Waals surface area contributed by atoms with Crippen molar-refractivity contribution in [3.05, 3.63) is 58.1 Å². The van der Waals surface area contributed by atoms with Crippen molar-refractivity contribution in [3.63, 3.8) is 0 Å². The smallest absolute Gasteiger partial charge is 0.314 e. The summed E-state index contributed by atoms with van der Waals surface area (Å²) in [7, 11) is 0. The fourth-order valence-electron chi connectivity index (χ4n) is 2.69. The van der Waals surface area contributed by atoms with Crippen LogP contribution >= 0.6 is 27.7 Å². The van der Waals surface area contributed by atoms with Gasteiger partial charge < -0.3 is 9.84 Å². The number of ether oxygens (including phenoxy) is 1. The number of carbonyl (C=O) groups is 1. The summed E-state index contributed by atoms with van der Waals surface area (Å²) in [6.45, 7) is 2.15. The van der Waals surface area contributed by atoms with Crippen LogP contribution in [-0.2, 0) is 9.53 Å². The highest BCUT2D eigenvalue weighted by atomic mass is 79.9. The molecule has 0 saturated carbocycles. The van der Waals surface area contributed by atoms with Crippen molar-refractivity contribution < 1.29 is 14.6 Å². The molecule has 0 bridgehead atoms. The summed E-state index contributed by atoms with van der Waals surface area (Å²) in [5.41, 5.74) is 1.71. The van der Waals surface area contributed by atoms with Gasteiger partial charge in [0, 0.05) is 14.9 Å². The van der Waals surface area contributed by atoms with Crippen LogP contribution in [0.15, 0.2) is 51.8 Å². The van der Waals surface area contributed by atoms with Crippen LogP contribution in [0.1, 0.15) is 29.2 Å². The first-order chi connectivity index (χ1) is 10.6. The van der Waals surface area contributed by atoms with Gasteiger partial charge in [-0.2, -0.15) is 0 Å². The molecular weight excluding hydrogens is 364 g/mol. The maximum Gasteiger partial charge on any atom is 0.314 e. The minimum absolute atomic E-state index is 0.186. The second-order valence-electron chi connectivity index (χ2n) is 5.01. The van der Waals surface area contributed by atoms with E-state index in [2.05, 4.69) is 15.9 Å². The summed E-state index contributed by atoms with van der Waals surface area (Å²) in [4.78, 5) is 13.5. The molecule has 0 spiro atoms. The third kappa shape index (κ3) is 2.75. The average molecular weight is 379 g/mol. The lowest BCUT2D eigenvalue weighted by Crippen LogP contribution is -2.18. The lowest BCUT2D eigenvalue weighted by atomic mass is 9.91. The van der Waals surface area contributed by atoms with E-state index < -0.39 is 5.92 Å². The number of fused-ring (bicyclic) bond motifs is 1. The quantitative estimate of drug-likeness (QED) is 0.789. The van der Waals surface area contributed by atoms with E-state index in [0.29, 0.717) is 6.61 Å². The molecule has 3 rings (SSSR count). The first kappa shape index (κ1) is 15.4. The molecule has 5 heteroatoms. The van der Waals surface area contributed by atoms with E-state index >= 15 is 0 Å². The lowest BCUT2D eigenvalue weighted by Gasteiger charge is -2.19. The number of phenolic OH excluding ortho intramolecular Hbond substituents is 1. The number of carbonyl (C=O) groups excluding carboxylic acids is 1. The largest absolute Gasteiger partial charge is 0.508 e. The van der Waals surface area contributed by atoms with Crippen LogP contribution in [0.3, 0.4) is 0 Å². The van der Waals surface area contributed by atoms with Gasteiger partial charge >= 0.3 is 5.97 Å². The van der Waals surface area contributed by atoms with Crippen molar-refractivity contribution >= 4 is 33.7 Å². The fourth-order valence-corrected chi connectivity index (χ4v) is 4.54. The van der Waals surface area contributed by atoms with E-state index in [-0.39, 0.29) is 17.0 Å². The Bertz CT molecular complexity index is 717. The predicted octanol–water partition coefficient (Wildman–Crippen LogP) is 4.65. The zero-order valence-corrected chi connectivity index (χ0v) is 14.4. The molecule has 2 unspecified atom stereocenters. The monoisotopic (exact) mass is 378 g/mol. The van der Waals surface area contributed by atoms with Gasteiger partial charge in [-0.15, -0.1) is 11.8 Å². The maximum atomic E-state index is 12.5. The zero-order chi connectivity index (χ0) is 15.7. The van der Waals surface area contributed by atoms with Gasteiger partial charge in [0.05, 0.1) is 17.8 Å². The van der Waals surface area contributed by atoms with Crippen molar-refractivity contribution in [2.75, 3.05) is 6.61 Å². The van der Waals surface area contributed by atoms with Gasteiger partial charge in [-0.3, -0.25) is 4.79 Å². The Hall–Kier alpha value is -1.46. The lowest BCUT2D eigenvalue weighted by molar-refractivity contribution is -0.144. The number of aromatic hydroxyl groups is 1. The van der Waals surface area contributed by atoms with E-state index in [1.807, 2.05) is 30.3 Å². The highest BCUT2D eigenvalue weighted by Gasteiger charge is 2.41. The van der Waals surface area contributed by atoms with Crippen molar-refractivity contribution in [2.45, 2.75) is 23.0 Å². The Labute approximate surface area is 141 Å². The highest BCUT2D eigenvalue weighted by Crippen LogP contribution is 2.56. The summed E-state index contributed by atoms with van der Waals surface area (Å²) >= 11 is 5.02. The Morgan fingerprint density at radius 3 is 2.82 bits per heavy atom. The Kier molecular flexibility index (Phi) is 4.45. The Balaban J connectivity index is 2.07. The molecule has 1 aliphatic heterocycles. The fraction of sp³-hybridized carbons (Fsp3) is 0.235. The third-order valence-electron chi connectivity index (χ3n) is 3.65. The Morgan fingerprint density at radius 1 is 1.27 bits per heavy atom. The summed E-state index contributed by atoms with van der Waals surface area (Å²) in [6, 6.07) is 13.1. The number of hydrogen-bond acceptors (Lipinski definition) is 4. The molecule has 2 aromatic rings. The molecule has 22 heavy (non-hydrogen) atoms. The SMILES string of the molecule is CCOC(=O)C1c2ccccc2SC1c1cc(Br)ccc1O. The van der Waals surface area contributed by atoms with Crippen molar-refractivity contribution in [1.82, 2.24) is 0 Å². The van der Waals surface area contributed by atoms with E-state index in [1.165, 1.54) is 0 Å². The molecule has 0 radical (unpaired) electrons. The topological polar surface area (TPSA) is 46.5 Å². The highest BCUT2D eigenvalue weighted by molar-refractivity contribution is 9.10. The number of phenols is 1. The van der Waals surface area contributed by atoms with Gasteiger partial charge in [0.1, 0.15) is 5.75 Å². The standard InChI is InChI=1S/C17H15BrO3S/c1-2-21-17(20)15-11-5-3-4-6-14(11)22-16(15)12-9-10(18)7-8-13(12)19/h3-9,15-16,19H,2H2,1H3. The zero-order valence-electron chi connectivity index (χ0n) is 12.0. The molecule has 0 saturated heterocycles. The number of thioether (sulfide) groups is 1. The van der Waals surface area contributed by atoms with Gasteiger partial charge in [-0.25, -0.2) is 0 Å². The number of rotatable bonds is 3. The predicted molar refractivity (Wildman–Crippen MR) is 90.2 cm³/mol. The van der Waals surface area contributed by atoms with E-state index in [4.69, 9.17) is 4.74 Å². The number of esters is 1. The normalized spacial score (nSPS) is 19.7. The number of benzene rings is 2. The van der Waals surface area contributed by atoms with Crippen molar-refractivity contribution in [1.29, 1.82) is 0 Å². The summed E-state index contributed by atoms with van der Waals surface area (Å²) < 4.78 is 6.13. The molecule has 2 aromatic carbocycles. The maximum absolute atomic E-state index is 12.5. The molecule has 114 valence electrons. The average Bonchev–Trinajstić information content (AvgIpc) is 2.89. The first-order valence-electron chi connectivity index (χ1n) is 7.02. The van der Waals surface area contributed by atoms with Crippen LogP contribution in [0.25, 0.3) is 0 Å². The van der Waals surface area contributed by atoms with Crippen LogP contribution in [0.2, 0.25) is 0 Å². The molecule has 0 aliphatic carbocycles. The minimum Gasteiger partial charge on any atom is -0.508 e. The van der Waals surface area contributed by atoms with Gasteiger partial charge in [-0.1, -0.05) is 34.1 Å². The van der Waals surface area contributed by atoms with Gasteiger partial charge in [-0.05, 0) is 36.8 Å². The molecule has 0 fully saturated rings. The summed E-state index contributed by atoms with van der Waals surface area (Å²) in [5.74, 6) is -0.450. The Morgan fingerprint density at radius 2 is 2.05 bits per heavy atom. The van der Waals surface area contributed by atoms with Crippen molar-refractivity contribution in [2.24, 2.45) is 0 Å².